The first kappa shape index (κ1) is 24.7. The van der Waals surface area contributed by atoms with E-state index in [0.29, 0.717) is 29.1 Å². The van der Waals surface area contributed by atoms with Crippen molar-refractivity contribution >= 4 is 21.6 Å². The van der Waals surface area contributed by atoms with Crippen LogP contribution in [0.25, 0.3) is 10.2 Å². The van der Waals surface area contributed by atoms with Gasteiger partial charge in [0.05, 0.1) is 4.70 Å². The summed E-state index contributed by atoms with van der Waals surface area (Å²) in [7, 11) is 0. The zero-order chi connectivity index (χ0) is 24.9. The number of phenols is 1. The Morgan fingerprint density at radius 1 is 1.03 bits per heavy atom. The van der Waals surface area contributed by atoms with Gasteiger partial charge in [0.1, 0.15) is 17.5 Å². The Hall–Kier alpha value is -2.97. The molecule has 1 aliphatic rings. The van der Waals surface area contributed by atoms with Crippen molar-refractivity contribution < 1.29 is 10.2 Å². The Morgan fingerprint density at radius 3 is 2.61 bits per heavy atom. The minimum atomic E-state index is -0.732. The predicted octanol–water partition coefficient (Wildman–Crippen LogP) is 4.37. The van der Waals surface area contributed by atoms with E-state index >= 15 is 0 Å². The number of hydrogen-bond acceptors (Lipinski definition) is 6. The first-order chi connectivity index (χ1) is 17.5. The molecule has 1 fully saturated rings. The third kappa shape index (κ3) is 6.05. The van der Waals surface area contributed by atoms with Gasteiger partial charge >= 0.3 is 4.87 Å². The van der Waals surface area contributed by atoms with Gasteiger partial charge in [-0.25, -0.2) is 0 Å². The summed E-state index contributed by atoms with van der Waals surface area (Å²) in [5, 5.41) is 23.7. The van der Waals surface area contributed by atoms with Crippen LogP contribution < -0.4 is 10.2 Å². The molecule has 188 valence electrons. The minimum Gasteiger partial charge on any atom is -0.506 e. The second-order valence-electron chi connectivity index (χ2n) is 9.67. The van der Waals surface area contributed by atoms with Gasteiger partial charge in [-0.05, 0) is 66.6 Å². The number of fused-ring (bicyclic) bond motifs is 1. The van der Waals surface area contributed by atoms with E-state index in [1.165, 1.54) is 29.5 Å². The molecule has 6 nitrogen and oxygen atoms in total. The summed E-state index contributed by atoms with van der Waals surface area (Å²) in [5.74, 6) is 0.722. The van der Waals surface area contributed by atoms with Crippen LogP contribution in [-0.2, 0) is 19.4 Å². The van der Waals surface area contributed by atoms with Crippen molar-refractivity contribution in [1.29, 1.82) is 0 Å². The van der Waals surface area contributed by atoms with Gasteiger partial charge in [-0.2, -0.15) is 0 Å². The molecule has 7 heteroatoms. The maximum atomic E-state index is 11.7. The van der Waals surface area contributed by atoms with E-state index in [0.717, 1.165) is 43.0 Å². The van der Waals surface area contributed by atoms with Gasteiger partial charge in [-0.15, -0.1) is 0 Å². The van der Waals surface area contributed by atoms with Crippen molar-refractivity contribution in [2.45, 2.75) is 44.4 Å². The maximum Gasteiger partial charge on any atom is 0.305 e. The highest BCUT2D eigenvalue weighted by Crippen LogP contribution is 2.29. The lowest BCUT2D eigenvalue weighted by Gasteiger charge is -2.32. The molecule has 3 aromatic carbocycles. The normalized spacial score (nSPS) is 15.9. The fourth-order valence-corrected chi connectivity index (χ4v) is 6.07. The van der Waals surface area contributed by atoms with Gasteiger partial charge in [0.2, 0.25) is 0 Å². The van der Waals surface area contributed by atoms with Gasteiger partial charge in [-0.1, -0.05) is 72.0 Å². The Bertz CT molecular complexity index is 1340. The van der Waals surface area contributed by atoms with E-state index in [2.05, 4.69) is 69.8 Å². The molecule has 36 heavy (non-hydrogen) atoms. The number of nitrogens with zero attached hydrogens (tertiary/aromatic N) is 1. The van der Waals surface area contributed by atoms with E-state index in [4.69, 9.17) is 0 Å². The maximum absolute atomic E-state index is 11.7. The number of benzene rings is 3. The molecule has 0 spiro atoms. The van der Waals surface area contributed by atoms with Gasteiger partial charge in [0.25, 0.3) is 0 Å². The summed E-state index contributed by atoms with van der Waals surface area (Å²) < 4.78 is 0.696. The molecule has 5 rings (SSSR count). The number of rotatable bonds is 9. The Morgan fingerprint density at radius 2 is 1.81 bits per heavy atom. The van der Waals surface area contributed by atoms with Crippen LogP contribution in [0.4, 0.5) is 0 Å². The van der Waals surface area contributed by atoms with Gasteiger partial charge < -0.3 is 15.2 Å². The molecule has 0 bridgehead atoms. The largest absolute Gasteiger partial charge is 0.506 e. The summed E-state index contributed by atoms with van der Waals surface area (Å²) in [5.41, 5.74) is 5.33. The smallest absolute Gasteiger partial charge is 0.305 e. The van der Waals surface area contributed by atoms with Crippen LogP contribution in [0, 0.1) is 0 Å². The molecule has 0 radical (unpaired) electrons. The number of aromatic amines is 1. The summed E-state index contributed by atoms with van der Waals surface area (Å²) in [4.78, 5) is 16.7. The number of aromatic hydroxyl groups is 1. The highest BCUT2D eigenvalue weighted by molar-refractivity contribution is 7.16. The van der Waals surface area contributed by atoms with Crippen LogP contribution in [0.2, 0.25) is 0 Å². The number of thiazole rings is 1. The molecule has 2 heterocycles. The lowest BCUT2D eigenvalue weighted by molar-refractivity contribution is 0.138. The monoisotopic (exact) mass is 503 g/mol. The second-order valence-corrected chi connectivity index (χ2v) is 10.7. The number of aliphatic hydroxyl groups excluding tert-OH is 1. The molecular formula is C29H33N3O3S. The lowest BCUT2D eigenvalue weighted by atomic mass is 9.89. The van der Waals surface area contributed by atoms with Gasteiger partial charge in [0.15, 0.2) is 0 Å². The Kier molecular flexibility index (Phi) is 7.82. The van der Waals surface area contributed by atoms with E-state index < -0.39 is 6.23 Å². The third-order valence-electron chi connectivity index (χ3n) is 7.10. The number of piperidine rings is 1. The Balaban J connectivity index is 1.09. The summed E-state index contributed by atoms with van der Waals surface area (Å²) in [6, 6.07) is 22.9. The van der Waals surface area contributed by atoms with Crippen molar-refractivity contribution in [3.05, 3.63) is 98.7 Å². The fraction of sp³-hybridized carbons (Fsp3) is 0.345. The minimum absolute atomic E-state index is 0.0509. The van der Waals surface area contributed by atoms with Crippen LogP contribution in [0.3, 0.4) is 0 Å². The standard InChI is InChI=1S/C29H33N3O3S/c33-25-10-9-24(28-27(25)31-29(35)36-28)18-26(34)30-14-11-20-5-4-6-21(17-20)19-32-15-12-23(13-16-32)22-7-2-1-3-8-22/h1-10,17,23,26,30,33-34H,11-16,18-19H2,(H,31,35). The number of nitrogens with one attached hydrogen (secondary N) is 2. The molecule has 0 saturated carbocycles. The van der Waals surface area contributed by atoms with Crippen molar-refractivity contribution in [3.8, 4) is 5.75 Å². The zero-order valence-electron chi connectivity index (χ0n) is 20.3. The van der Waals surface area contributed by atoms with Gasteiger partial charge in [-0.3, -0.25) is 15.0 Å². The van der Waals surface area contributed by atoms with Crippen molar-refractivity contribution in [2.24, 2.45) is 0 Å². The van der Waals surface area contributed by atoms with E-state index in [1.807, 2.05) is 0 Å². The van der Waals surface area contributed by atoms with E-state index in [9.17, 15) is 15.0 Å². The van der Waals surface area contributed by atoms with Crippen LogP contribution in [0.5, 0.6) is 5.75 Å². The summed E-state index contributed by atoms with van der Waals surface area (Å²) in [6.45, 7) is 3.87. The third-order valence-corrected chi connectivity index (χ3v) is 8.06. The number of aromatic nitrogens is 1. The molecule has 0 amide bonds. The molecule has 1 aromatic heterocycles. The van der Waals surface area contributed by atoms with Crippen LogP contribution >= 0.6 is 11.3 Å². The van der Waals surface area contributed by atoms with Crippen LogP contribution in [0.1, 0.15) is 41.0 Å². The first-order valence-corrected chi connectivity index (χ1v) is 13.5. The Labute approximate surface area is 215 Å². The first-order valence-electron chi connectivity index (χ1n) is 12.7. The quantitative estimate of drug-likeness (QED) is 0.255. The van der Waals surface area contributed by atoms with Crippen molar-refractivity contribution in [1.82, 2.24) is 15.2 Å². The van der Waals surface area contributed by atoms with E-state index in [1.54, 1.807) is 12.1 Å². The average Bonchev–Trinajstić information content (AvgIpc) is 3.30. The predicted molar refractivity (Wildman–Crippen MR) is 146 cm³/mol. The van der Waals surface area contributed by atoms with E-state index in [-0.39, 0.29) is 10.6 Å². The molecule has 1 saturated heterocycles. The molecular weight excluding hydrogens is 470 g/mol. The van der Waals surface area contributed by atoms with Gasteiger partial charge in [0, 0.05) is 19.5 Å². The molecule has 1 unspecified atom stereocenters. The molecule has 4 aromatic rings. The fourth-order valence-electron chi connectivity index (χ4n) is 5.19. The topological polar surface area (TPSA) is 88.6 Å². The molecule has 1 aliphatic heterocycles. The summed E-state index contributed by atoms with van der Waals surface area (Å²) >= 11 is 1.06. The number of aliphatic hydroxyl groups is 1. The van der Waals surface area contributed by atoms with Crippen LogP contribution in [-0.4, -0.2) is 46.0 Å². The number of H-pyrrole nitrogens is 1. The number of hydrogen-bond donors (Lipinski definition) is 4. The number of likely N-dealkylation sites (tertiary alicyclic amines) is 1. The number of phenolic OH excluding ortho intramolecular Hbond substituents is 1. The molecule has 1 atom stereocenters. The van der Waals surface area contributed by atoms with Crippen LogP contribution in [0.15, 0.2) is 71.5 Å². The van der Waals surface area contributed by atoms with Crippen molar-refractivity contribution in [3.63, 3.8) is 0 Å². The second kappa shape index (κ2) is 11.4. The lowest BCUT2D eigenvalue weighted by Crippen LogP contribution is -2.33. The highest BCUT2D eigenvalue weighted by atomic mass is 32.1. The summed E-state index contributed by atoms with van der Waals surface area (Å²) in [6.07, 6.45) is 2.87. The average molecular weight is 504 g/mol. The molecule has 0 aliphatic carbocycles. The SMILES string of the molecule is O=c1[nH]c2c(O)ccc(CC(O)NCCc3cccc(CN4CCC(c5ccccc5)CC4)c3)c2s1. The highest BCUT2D eigenvalue weighted by Gasteiger charge is 2.20. The molecule has 4 N–H and O–H groups in total. The van der Waals surface area contributed by atoms with Crippen molar-refractivity contribution in [2.75, 3.05) is 19.6 Å². The zero-order valence-corrected chi connectivity index (χ0v) is 21.1.